The van der Waals surface area contributed by atoms with E-state index in [-0.39, 0.29) is 12.0 Å². The van der Waals surface area contributed by atoms with Crippen LogP contribution in [-0.2, 0) is 9.59 Å². The van der Waals surface area contributed by atoms with Crippen molar-refractivity contribution >= 4 is 17.8 Å². The van der Waals surface area contributed by atoms with Crippen LogP contribution < -0.4 is 10.6 Å². The number of hydrogen-bond donors (Lipinski definition) is 3. The van der Waals surface area contributed by atoms with Crippen LogP contribution in [0.25, 0.3) is 0 Å². The number of aromatic amines is 1. The molecule has 1 fully saturated rings. The highest BCUT2D eigenvalue weighted by molar-refractivity contribution is 6.39. The Hall–Kier alpha value is -1.92. The first-order valence-electron chi connectivity index (χ1n) is 8.73. The van der Waals surface area contributed by atoms with Crippen molar-refractivity contribution in [3.63, 3.8) is 0 Å². The molecule has 0 saturated heterocycles. The maximum absolute atomic E-state index is 12.0. The molecule has 0 spiro atoms. The number of nitrogens with zero attached hydrogens (tertiary/aromatic N) is 2. The number of nitrogens with one attached hydrogen (secondary N) is 3. The molecule has 0 bridgehead atoms. The van der Waals surface area contributed by atoms with Gasteiger partial charge in [-0.15, -0.1) is 0 Å². The molecule has 23 heavy (non-hydrogen) atoms. The minimum atomic E-state index is -0.701. The Labute approximate surface area is 137 Å². The minimum Gasteiger partial charge on any atom is -0.345 e. The summed E-state index contributed by atoms with van der Waals surface area (Å²) in [6.45, 7) is 0. The topological polar surface area (TPSA) is 99.8 Å². The molecule has 0 unspecified atom stereocenters. The summed E-state index contributed by atoms with van der Waals surface area (Å²) in [5.41, 5.74) is 0. The molecule has 2 amide bonds. The number of H-pyrrole nitrogens is 1. The predicted octanol–water partition coefficient (Wildman–Crippen LogP) is 2.53. The van der Waals surface area contributed by atoms with E-state index in [1.165, 1.54) is 51.3 Å². The smallest absolute Gasteiger partial charge is 0.316 e. The lowest BCUT2D eigenvalue weighted by Crippen LogP contribution is -2.42. The van der Waals surface area contributed by atoms with Crippen LogP contribution in [-0.4, -0.2) is 33.0 Å². The van der Waals surface area contributed by atoms with E-state index in [2.05, 4.69) is 25.8 Å². The molecule has 1 aliphatic carbocycles. The number of carbonyl (C=O) groups excluding carboxylic acids is 2. The van der Waals surface area contributed by atoms with Crippen molar-refractivity contribution in [1.82, 2.24) is 20.5 Å². The summed E-state index contributed by atoms with van der Waals surface area (Å²) >= 11 is 0. The van der Waals surface area contributed by atoms with Crippen molar-refractivity contribution in [3.8, 4) is 0 Å². The summed E-state index contributed by atoms with van der Waals surface area (Å²) < 4.78 is 0. The van der Waals surface area contributed by atoms with Gasteiger partial charge in [0.25, 0.3) is 0 Å². The average Bonchev–Trinajstić information content (AvgIpc) is 3.02. The molecule has 2 rings (SSSR count). The number of anilines is 1. The van der Waals surface area contributed by atoms with Gasteiger partial charge in [0.2, 0.25) is 5.95 Å². The second kappa shape index (κ2) is 9.97. The first kappa shape index (κ1) is 17.4. The summed E-state index contributed by atoms with van der Waals surface area (Å²) in [4.78, 5) is 27.7. The van der Waals surface area contributed by atoms with Crippen LogP contribution in [0.5, 0.6) is 0 Å². The van der Waals surface area contributed by atoms with Crippen LogP contribution in [0.2, 0.25) is 0 Å². The lowest BCUT2D eigenvalue weighted by Gasteiger charge is -2.19. The molecule has 1 aromatic rings. The molecule has 7 heteroatoms. The van der Waals surface area contributed by atoms with E-state index in [0.29, 0.717) is 0 Å². The van der Waals surface area contributed by atoms with Crippen LogP contribution in [0.15, 0.2) is 6.33 Å². The maximum Gasteiger partial charge on any atom is 0.316 e. The second-order valence-corrected chi connectivity index (χ2v) is 6.22. The minimum absolute atomic E-state index is 0.0856. The number of rotatable bonds is 2. The number of hydrogen-bond acceptors (Lipinski definition) is 4. The van der Waals surface area contributed by atoms with Gasteiger partial charge in [0, 0.05) is 6.04 Å². The highest BCUT2D eigenvalue weighted by Crippen LogP contribution is 2.17. The molecule has 0 aromatic carbocycles. The molecule has 7 nitrogen and oxygen atoms in total. The first-order chi connectivity index (χ1) is 11.3. The summed E-state index contributed by atoms with van der Waals surface area (Å²) in [6, 6.07) is 0.0856. The zero-order valence-corrected chi connectivity index (χ0v) is 13.6. The summed E-state index contributed by atoms with van der Waals surface area (Å²) in [6.07, 6.45) is 14.3. The van der Waals surface area contributed by atoms with Gasteiger partial charge in [-0.25, -0.2) is 5.10 Å². The third-order valence-corrected chi connectivity index (χ3v) is 4.29. The quantitative estimate of drug-likeness (QED) is 0.729. The van der Waals surface area contributed by atoms with Crippen molar-refractivity contribution in [2.75, 3.05) is 5.32 Å². The Balaban J connectivity index is 1.79. The van der Waals surface area contributed by atoms with Gasteiger partial charge >= 0.3 is 11.8 Å². The van der Waals surface area contributed by atoms with Gasteiger partial charge < -0.3 is 5.32 Å². The molecule has 0 atom stereocenters. The van der Waals surface area contributed by atoms with Gasteiger partial charge in [0.1, 0.15) is 6.33 Å². The van der Waals surface area contributed by atoms with E-state index in [9.17, 15) is 9.59 Å². The predicted molar refractivity (Wildman–Crippen MR) is 87.7 cm³/mol. The fourth-order valence-corrected chi connectivity index (χ4v) is 2.99. The lowest BCUT2D eigenvalue weighted by atomic mass is 9.98. The Morgan fingerprint density at radius 3 is 2.00 bits per heavy atom. The summed E-state index contributed by atoms with van der Waals surface area (Å²) in [5, 5.41) is 11.4. The summed E-state index contributed by atoms with van der Waals surface area (Å²) in [7, 11) is 0. The number of carbonyl (C=O) groups is 2. The normalized spacial score (nSPS) is 18.4. The Kier molecular flexibility index (Phi) is 7.56. The Morgan fingerprint density at radius 2 is 1.48 bits per heavy atom. The Morgan fingerprint density at radius 1 is 0.913 bits per heavy atom. The van der Waals surface area contributed by atoms with E-state index < -0.39 is 11.8 Å². The van der Waals surface area contributed by atoms with Gasteiger partial charge in [-0.05, 0) is 12.8 Å². The van der Waals surface area contributed by atoms with Crippen molar-refractivity contribution in [1.29, 1.82) is 0 Å². The van der Waals surface area contributed by atoms with Crippen LogP contribution in [0, 0.1) is 0 Å². The average molecular weight is 321 g/mol. The zero-order valence-electron chi connectivity index (χ0n) is 13.6. The molecule has 1 aliphatic rings. The molecule has 0 aliphatic heterocycles. The van der Waals surface area contributed by atoms with Crippen molar-refractivity contribution in [2.45, 2.75) is 76.7 Å². The Bertz CT molecular complexity index is 463. The van der Waals surface area contributed by atoms with E-state index >= 15 is 0 Å². The molecular weight excluding hydrogens is 294 g/mol. The van der Waals surface area contributed by atoms with E-state index in [0.717, 1.165) is 25.7 Å². The fraction of sp³-hybridized carbons (Fsp3) is 0.750. The highest BCUT2D eigenvalue weighted by Gasteiger charge is 2.19. The van der Waals surface area contributed by atoms with Gasteiger partial charge in [-0.3, -0.25) is 14.9 Å². The van der Waals surface area contributed by atoms with E-state index in [1.807, 2.05) is 0 Å². The van der Waals surface area contributed by atoms with Gasteiger partial charge in [0.05, 0.1) is 0 Å². The second-order valence-electron chi connectivity index (χ2n) is 6.22. The SMILES string of the molecule is O=C(Nc1ncn[nH]1)C(=O)NC1CCCCCCCCCCC1. The largest absolute Gasteiger partial charge is 0.345 e. The highest BCUT2D eigenvalue weighted by atomic mass is 16.2. The van der Waals surface area contributed by atoms with Crippen LogP contribution >= 0.6 is 0 Å². The lowest BCUT2D eigenvalue weighted by molar-refractivity contribution is -0.136. The zero-order chi connectivity index (χ0) is 16.3. The number of aromatic nitrogens is 3. The van der Waals surface area contributed by atoms with Crippen LogP contribution in [0.3, 0.4) is 0 Å². The third-order valence-electron chi connectivity index (χ3n) is 4.29. The molecular formula is C16H27N5O2. The monoisotopic (exact) mass is 321 g/mol. The molecule has 1 saturated carbocycles. The van der Waals surface area contributed by atoms with Crippen molar-refractivity contribution in [3.05, 3.63) is 6.33 Å². The van der Waals surface area contributed by atoms with Crippen molar-refractivity contribution in [2.24, 2.45) is 0 Å². The van der Waals surface area contributed by atoms with E-state index in [4.69, 9.17) is 0 Å². The van der Waals surface area contributed by atoms with Gasteiger partial charge in [-0.1, -0.05) is 57.8 Å². The molecule has 1 aromatic heterocycles. The molecule has 3 N–H and O–H groups in total. The fourth-order valence-electron chi connectivity index (χ4n) is 2.99. The van der Waals surface area contributed by atoms with Crippen LogP contribution in [0.4, 0.5) is 5.95 Å². The summed E-state index contributed by atoms with van der Waals surface area (Å²) in [5.74, 6) is -1.12. The van der Waals surface area contributed by atoms with Gasteiger partial charge in [0.15, 0.2) is 0 Å². The molecule has 1 heterocycles. The van der Waals surface area contributed by atoms with Crippen LogP contribution in [0.1, 0.15) is 70.6 Å². The standard InChI is InChI=1S/C16H27N5O2/c22-14(15(23)20-16-17-12-18-21-16)19-13-10-8-6-4-2-1-3-5-7-9-11-13/h12-13H,1-11H2,(H,19,22)(H2,17,18,20,21,23). The maximum atomic E-state index is 12.0. The molecule has 128 valence electrons. The number of amides is 2. The van der Waals surface area contributed by atoms with Crippen molar-refractivity contribution < 1.29 is 9.59 Å². The van der Waals surface area contributed by atoms with E-state index in [1.54, 1.807) is 0 Å². The first-order valence-corrected chi connectivity index (χ1v) is 8.73. The molecule has 0 radical (unpaired) electrons. The third kappa shape index (κ3) is 6.80. The van der Waals surface area contributed by atoms with Gasteiger partial charge in [-0.2, -0.15) is 10.1 Å².